The van der Waals surface area contributed by atoms with Crippen molar-refractivity contribution in [2.24, 2.45) is 19.2 Å². The van der Waals surface area contributed by atoms with Crippen LogP contribution in [0.15, 0.2) is 188 Å². The number of para-hydroxylation sites is 4. The zero-order chi connectivity index (χ0) is 59.0. The number of nitro benzene ring substituents is 4. The first-order valence-electron chi connectivity index (χ1n) is 23.2. The lowest BCUT2D eigenvalue weighted by Gasteiger charge is -2.02. The number of imidazole rings is 1. The highest BCUT2D eigenvalue weighted by Gasteiger charge is 2.18. The summed E-state index contributed by atoms with van der Waals surface area (Å²) in [4.78, 5) is 54.9. The topological polar surface area (TPSA) is 389 Å². The van der Waals surface area contributed by atoms with Gasteiger partial charge in [-0.25, -0.2) is 18.5 Å². The Morgan fingerprint density at radius 3 is 1.57 bits per heavy atom. The maximum Gasteiger partial charge on any atom is 0.279 e. The zero-order valence-corrected chi connectivity index (χ0v) is 43.9. The van der Waals surface area contributed by atoms with Gasteiger partial charge in [0.05, 0.1) is 70.3 Å². The van der Waals surface area contributed by atoms with Crippen LogP contribution in [0.1, 0.15) is 36.2 Å². The maximum absolute atomic E-state index is 10.8. The number of aldehydes is 1. The van der Waals surface area contributed by atoms with Gasteiger partial charge in [-0.05, 0) is 74.4 Å². The Kier molecular flexibility index (Phi) is 28.5. The standard InChI is InChI=1S/2C10H9N3O2.C9H7N3O2.C7H5NO3.C7H9NO2S.C5H6N2.C4H8O.CH4.N2/c1-12-7-6-9(11-12)8-4-2-3-5-10(8)13(14)15;1-12-9(6-7-11-12)8-4-2-3-5-10(8)13(14)15;13-12(14)9-4-2-1-3-7(9)8-5-6-10-11-8;9-5-6-3-1-2-4-7(6)8(10)11;1-6-2-4-7(5-3-6)11(8,9)10;1-2-7-4-3-6-5-7;1-2-4-5-3-1;;1-2/h2*2-7H,1H3;1-6H,(H,10,11);1-5H;2-5H,1H3,(H2,8,9,10);2-5H,1H2;1-4H2;1H4;. The number of aryl methyl sites for hydroxylation is 3. The third-order valence-electron chi connectivity index (χ3n) is 10.4. The lowest BCUT2D eigenvalue weighted by atomic mass is 10.1. The molecule has 1 aliphatic heterocycles. The highest BCUT2D eigenvalue weighted by atomic mass is 32.2. The van der Waals surface area contributed by atoms with E-state index >= 15 is 0 Å². The molecule has 5 aromatic carbocycles. The molecule has 422 valence electrons. The smallest absolute Gasteiger partial charge is 0.279 e. The molecule has 81 heavy (non-hydrogen) atoms. The van der Waals surface area contributed by atoms with Crippen LogP contribution in [0.5, 0.6) is 0 Å². The fraction of sp³-hybridized carbons (Fsp3) is 0.151. The molecule has 0 radical (unpaired) electrons. The van der Waals surface area contributed by atoms with Crippen LogP contribution in [0.25, 0.3) is 40.0 Å². The zero-order valence-electron chi connectivity index (χ0n) is 43.1. The summed E-state index contributed by atoms with van der Waals surface area (Å²) >= 11 is 0. The van der Waals surface area contributed by atoms with Gasteiger partial charge in [0.2, 0.25) is 10.0 Å². The summed E-state index contributed by atoms with van der Waals surface area (Å²) < 4.78 is 31.4. The molecule has 1 aliphatic rings. The number of primary sulfonamides is 1. The number of nitrogens with one attached hydrogen (secondary N) is 1. The Morgan fingerprint density at radius 2 is 1.17 bits per heavy atom. The van der Waals surface area contributed by atoms with E-state index in [0.29, 0.717) is 34.4 Å². The van der Waals surface area contributed by atoms with Crippen molar-refractivity contribution >= 4 is 45.3 Å². The molecular formula is C53H57N15O12S. The predicted octanol–water partition coefficient (Wildman–Crippen LogP) is 10.5. The molecule has 9 aromatic rings. The summed E-state index contributed by atoms with van der Waals surface area (Å²) in [6.45, 7) is 7.41. The van der Waals surface area contributed by atoms with Crippen molar-refractivity contribution in [3.05, 3.63) is 235 Å². The lowest BCUT2D eigenvalue weighted by Crippen LogP contribution is -2.11. The normalized spacial score (nSPS) is 10.5. The van der Waals surface area contributed by atoms with Crippen molar-refractivity contribution in [3.63, 3.8) is 0 Å². The highest BCUT2D eigenvalue weighted by Crippen LogP contribution is 2.30. The number of benzene rings is 5. The van der Waals surface area contributed by atoms with E-state index in [1.807, 2.05) is 13.1 Å². The van der Waals surface area contributed by atoms with Gasteiger partial charge >= 0.3 is 0 Å². The molecule has 1 fully saturated rings. The lowest BCUT2D eigenvalue weighted by molar-refractivity contribution is -0.385. The van der Waals surface area contributed by atoms with Crippen LogP contribution in [0.3, 0.4) is 0 Å². The molecule has 0 amide bonds. The van der Waals surface area contributed by atoms with Crippen LogP contribution < -0.4 is 5.14 Å². The fourth-order valence-corrected chi connectivity index (χ4v) is 7.05. The van der Waals surface area contributed by atoms with Crippen molar-refractivity contribution in [1.82, 2.24) is 39.3 Å². The van der Waals surface area contributed by atoms with Crippen LogP contribution in [-0.4, -0.2) is 86.9 Å². The molecule has 4 aromatic heterocycles. The quantitative estimate of drug-likeness (QED) is 0.0556. The van der Waals surface area contributed by atoms with E-state index in [0.717, 1.165) is 24.5 Å². The molecule has 0 spiro atoms. The molecule has 27 nitrogen and oxygen atoms in total. The van der Waals surface area contributed by atoms with Gasteiger partial charge in [0.25, 0.3) is 22.7 Å². The average Bonchev–Trinajstić information content (AvgIpc) is 4.35. The number of ether oxygens (including phenoxy) is 1. The summed E-state index contributed by atoms with van der Waals surface area (Å²) in [6.07, 6.45) is 14.9. The number of sulfonamides is 1. The average molecular weight is 1130 g/mol. The first-order chi connectivity index (χ1) is 38.4. The number of nitro groups is 4. The predicted molar refractivity (Wildman–Crippen MR) is 301 cm³/mol. The number of hydrogen-bond acceptors (Lipinski definition) is 18. The van der Waals surface area contributed by atoms with Crippen LogP contribution in [0, 0.1) is 58.2 Å². The van der Waals surface area contributed by atoms with E-state index < -0.39 is 24.8 Å². The Hall–Kier alpha value is -10.8. The summed E-state index contributed by atoms with van der Waals surface area (Å²) in [7, 11) is 0.0125. The van der Waals surface area contributed by atoms with E-state index in [9.17, 15) is 53.7 Å². The summed E-state index contributed by atoms with van der Waals surface area (Å²) in [5.74, 6) is 0. The minimum atomic E-state index is -3.52. The summed E-state index contributed by atoms with van der Waals surface area (Å²) in [6, 6.07) is 37.2. The minimum absolute atomic E-state index is 0. The first-order valence-corrected chi connectivity index (χ1v) is 24.7. The molecule has 0 saturated carbocycles. The number of nitrogens with two attached hydrogens (primary N) is 1. The van der Waals surface area contributed by atoms with E-state index in [-0.39, 0.29) is 45.6 Å². The molecular weight excluding hydrogens is 1070 g/mol. The second-order valence-corrected chi connectivity index (χ2v) is 17.4. The maximum atomic E-state index is 10.8. The van der Waals surface area contributed by atoms with Gasteiger partial charge < -0.3 is 9.30 Å². The minimum Gasteiger partial charge on any atom is -0.381 e. The molecule has 0 unspecified atom stereocenters. The van der Waals surface area contributed by atoms with Crippen molar-refractivity contribution < 1.29 is 37.6 Å². The Morgan fingerprint density at radius 1 is 0.667 bits per heavy atom. The van der Waals surface area contributed by atoms with Gasteiger partial charge in [-0.2, -0.15) is 15.3 Å². The molecule has 1 saturated heterocycles. The van der Waals surface area contributed by atoms with E-state index in [2.05, 4.69) is 32.0 Å². The van der Waals surface area contributed by atoms with Gasteiger partial charge in [-0.1, -0.05) is 80.2 Å². The second-order valence-electron chi connectivity index (χ2n) is 15.8. The third-order valence-corrected chi connectivity index (χ3v) is 11.3. The number of aromatic nitrogens is 8. The van der Waals surface area contributed by atoms with E-state index in [4.69, 9.17) is 20.7 Å². The molecule has 0 bridgehead atoms. The van der Waals surface area contributed by atoms with E-state index in [1.165, 1.54) is 61.4 Å². The Balaban J connectivity index is 0.000000327. The van der Waals surface area contributed by atoms with E-state index in [1.54, 1.807) is 156 Å². The molecule has 10 rings (SSSR count). The number of H-pyrrole nitrogens is 1. The van der Waals surface area contributed by atoms with Crippen molar-refractivity contribution in [2.75, 3.05) is 13.2 Å². The molecule has 28 heteroatoms. The number of aromatic amines is 1. The largest absolute Gasteiger partial charge is 0.381 e. The monoisotopic (exact) mass is 1130 g/mol. The van der Waals surface area contributed by atoms with Crippen molar-refractivity contribution in [3.8, 4) is 33.8 Å². The molecule has 0 atom stereocenters. The van der Waals surface area contributed by atoms with Crippen LogP contribution in [0.4, 0.5) is 22.7 Å². The van der Waals surface area contributed by atoms with Gasteiger partial charge in [-0.3, -0.25) is 59.7 Å². The fourth-order valence-electron chi connectivity index (χ4n) is 6.53. The van der Waals surface area contributed by atoms with Crippen molar-refractivity contribution in [1.29, 1.82) is 10.8 Å². The third kappa shape index (κ3) is 22.0. The second kappa shape index (κ2) is 34.8. The van der Waals surface area contributed by atoms with Gasteiger partial charge in [0.1, 0.15) is 0 Å². The number of rotatable bonds is 10. The number of nitrogens with zero attached hydrogens (tertiary/aromatic N) is 13. The summed E-state index contributed by atoms with van der Waals surface area (Å²) in [5, 5.41) is 73.9. The number of carbonyl (C=O) groups excluding carboxylic acids is 1. The SMILES string of the molecule is C.C1CCOC1.C=Cn1ccnc1.Cc1ccc(S(N)(=O)=O)cc1.Cn1ccc(-c2ccccc2[N+](=O)[O-])n1.Cn1nccc1-c1ccccc1[N+](=O)[O-].N#N.O=Cc1ccccc1[N+](=O)[O-].O=[N+]([O-])c1ccccc1-c1ccn[nH]1. The Labute approximate surface area is 464 Å². The number of carbonyl (C=O) groups is 1. The molecule has 0 aliphatic carbocycles. The van der Waals surface area contributed by atoms with Crippen LogP contribution in [0.2, 0.25) is 0 Å². The van der Waals surface area contributed by atoms with Crippen LogP contribution in [-0.2, 0) is 28.9 Å². The van der Waals surface area contributed by atoms with Gasteiger partial charge in [-0.15, -0.1) is 0 Å². The number of hydrogen-bond donors (Lipinski definition) is 2. The van der Waals surface area contributed by atoms with Crippen molar-refractivity contribution in [2.45, 2.75) is 32.1 Å². The van der Waals surface area contributed by atoms with Gasteiger partial charge in [0.15, 0.2) is 6.29 Å². The Bertz CT molecular complexity index is 3520. The highest BCUT2D eigenvalue weighted by molar-refractivity contribution is 7.89. The van der Waals surface area contributed by atoms with Gasteiger partial charge in [0, 0.05) is 99.5 Å². The first kappa shape index (κ1) is 66.4. The summed E-state index contributed by atoms with van der Waals surface area (Å²) in [5.41, 5.74) is 4.91. The molecule has 3 N–H and O–H groups in total. The molecule has 5 heterocycles. The van der Waals surface area contributed by atoms with Crippen LogP contribution >= 0.6 is 0 Å².